The van der Waals surface area contributed by atoms with Gasteiger partial charge in [0, 0.05) is 24.3 Å². The molecule has 2 rings (SSSR count). The molecule has 0 fully saturated rings. The molecule has 2 amide bonds. The quantitative estimate of drug-likeness (QED) is 0.790. The first-order valence-corrected chi connectivity index (χ1v) is 9.21. The Morgan fingerprint density at radius 2 is 1.70 bits per heavy atom. The Bertz CT molecular complexity index is 792. The third kappa shape index (κ3) is 6.08. The first-order valence-electron chi connectivity index (χ1n) is 8.83. The van der Waals surface area contributed by atoms with Gasteiger partial charge in [0.2, 0.25) is 11.8 Å². The fourth-order valence-corrected chi connectivity index (χ4v) is 2.87. The van der Waals surface area contributed by atoms with E-state index in [-0.39, 0.29) is 24.4 Å². The van der Waals surface area contributed by atoms with Gasteiger partial charge in [-0.15, -0.1) is 0 Å². The Labute approximate surface area is 165 Å². The highest BCUT2D eigenvalue weighted by Crippen LogP contribution is 2.17. The lowest BCUT2D eigenvalue weighted by Gasteiger charge is -2.28. The molecule has 0 bridgehead atoms. The summed E-state index contributed by atoms with van der Waals surface area (Å²) in [6, 6.07) is 14.7. The molecule has 6 heteroatoms. The van der Waals surface area contributed by atoms with E-state index in [0.717, 1.165) is 16.8 Å². The zero-order chi connectivity index (χ0) is 20.0. The van der Waals surface area contributed by atoms with Crippen LogP contribution in [-0.4, -0.2) is 48.3 Å². The average molecular weight is 388 g/mol. The Morgan fingerprint density at radius 1 is 1.07 bits per heavy atom. The van der Waals surface area contributed by atoms with Crippen LogP contribution >= 0.6 is 11.6 Å². The number of carbonyl (C=O) groups is 2. The molecule has 0 saturated carbocycles. The molecule has 0 saturated heterocycles. The number of carbonyl (C=O) groups excluding carboxylic acids is 2. The number of hydrogen-bond donors (Lipinski definition) is 1. The number of nitrogens with one attached hydrogen (secondary N) is 1. The van der Waals surface area contributed by atoms with E-state index in [1.165, 1.54) is 4.90 Å². The number of likely N-dealkylation sites (N-methyl/N-ethyl adjacent to an activating group) is 2. The van der Waals surface area contributed by atoms with Gasteiger partial charge in [-0.2, -0.15) is 0 Å². The molecule has 0 spiro atoms. The predicted molar refractivity (Wildman–Crippen MR) is 110 cm³/mol. The third-order valence-electron chi connectivity index (χ3n) is 4.49. The van der Waals surface area contributed by atoms with E-state index < -0.39 is 0 Å². The molecule has 2 aromatic carbocycles. The van der Waals surface area contributed by atoms with Gasteiger partial charge in [-0.25, -0.2) is 0 Å². The predicted octanol–water partition coefficient (Wildman–Crippen LogP) is 3.57. The maximum Gasteiger partial charge on any atom is 0.243 e. The van der Waals surface area contributed by atoms with Crippen molar-refractivity contribution in [2.24, 2.45) is 0 Å². The number of rotatable bonds is 7. The minimum atomic E-state index is -0.376. The van der Waals surface area contributed by atoms with E-state index >= 15 is 0 Å². The first kappa shape index (κ1) is 20.9. The summed E-state index contributed by atoms with van der Waals surface area (Å²) in [6.07, 6.45) is 0. The number of nitrogens with zero attached hydrogens (tertiary/aromatic N) is 2. The van der Waals surface area contributed by atoms with Crippen LogP contribution in [0.2, 0.25) is 5.02 Å². The van der Waals surface area contributed by atoms with Crippen LogP contribution in [0.1, 0.15) is 18.1 Å². The summed E-state index contributed by atoms with van der Waals surface area (Å²) in [5, 5.41) is 3.48. The molecule has 0 radical (unpaired) electrons. The Balaban J connectivity index is 1.89. The van der Waals surface area contributed by atoms with E-state index in [9.17, 15) is 9.59 Å². The maximum atomic E-state index is 12.7. The Hall–Kier alpha value is -2.37. The molecular weight excluding hydrogens is 362 g/mol. The lowest BCUT2D eigenvalue weighted by atomic mass is 10.2. The largest absolute Gasteiger partial charge is 0.335 e. The van der Waals surface area contributed by atoms with Crippen molar-refractivity contribution in [3.63, 3.8) is 0 Å². The summed E-state index contributed by atoms with van der Waals surface area (Å²) in [4.78, 5) is 28.2. The Morgan fingerprint density at radius 3 is 2.33 bits per heavy atom. The molecule has 1 unspecified atom stereocenters. The van der Waals surface area contributed by atoms with Crippen LogP contribution in [0.5, 0.6) is 0 Å². The summed E-state index contributed by atoms with van der Waals surface area (Å²) in [6.45, 7) is 4.36. The van der Waals surface area contributed by atoms with Gasteiger partial charge in [-0.05, 0) is 44.7 Å². The van der Waals surface area contributed by atoms with E-state index in [1.54, 1.807) is 7.05 Å². The summed E-state index contributed by atoms with van der Waals surface area (Å²) in [5.41, 5.74) is 2.80. The topological polar surface area (TPSA) is 52.7 Å². The maximum absolute atomic E-state index is 12.7. The first-order chi connectivity index (χ1) is 12.8. The number of aryl methyl sites for hydroxylation is 1. The molecule has 144 valence electrons. The second-order valence-corrected chi connectivity index (χ2v) is 7.20. The second kappa shape index (κ2) is 9.53. The minimum absolute atomic E-state index is 0.00299. The van der Waals surface area contributed by atoms with Crippen molar-refractivity contribution in [1.82, 2.24) is 9.80 Å². The van der Waals surface area contributed by atoms with Crippen molar-refractivity contribution in [2.75, 3.05) is 26.0 Å². The molecule has 5 nitrogen and oxygen atoms in total. The van der Waals surface area contributed by atoms with Gasteiger partial charge in [0.15, 0.2) is 0 Å². The van der Waals surface area contributed by atoms with Crippen molar-refractivity contribution >= 4 is 29.1 Å². The van der Waals surface area contributed by atoms with Gasteiger partial charge < -0.3 is 10.2 Å². The fourth-order valence-electron chi connectivity index (χ4n) is 2.67. The van der Waals surface area contributed by atoms with Gasteiger partial charge in [-0.3, -0.25) is 14.5 Å². The lowest BCUT2D eigenvalue weighted by Crippen LogP contribution is -2.46. The van der Waals surface area contributed by atoms with Crippen LogP contribution in [0.4, 0.5) is 5.69 Å². The van der Waals surface area contributed by atoms with Crippen LogP contribution in [0.25, 0.3) is 0 Å². The summed E-state index contributed by atoms with van der Waals surface area (Å²) >= 11 is 6.20. The standard InChI is InChI=1S/C21H26ClN3O2/c1-15-9-11-18(12-10-15)23-20(26)14-25(4)21(27)16(2)24(3)13-17-7-5-6-8-19(17)22/h5-12,16H,13-14H2,1-4H3,(H,23,26). The minimum Gasteiger partial charge on any atom is -0.335 e. The van der Waals surface area contributed by atoms with E-state index in [4.69, 9.17) is 11.6 Å². The highest BCUT2D eigenvalue weighted by molar-refractivity contribution is 6.31. The van der Waals surface area contributed by atoms with Crippen LogP contribution in [0.15, 0.2) is 48.5 Å². The fraction of sp³-hybridized carbons (Fsp3) is 0.333. The zero-order valence-electron chi connectivity index (χ0n) is 16.2. The van der Waals surface area contributed by atoms with Gasteiger partial charge in [-0.1, -0.05) is 47.5 Å². The lowest BCUT2D eigenvalue weighted by molar-refractivity contribution is -0.137. The molecule has 1 atom stereocenters. The molecule has 2 aromatic rings. The highest BCUT2D eigenvalue weighted by Gasteiger charge is 2.23. The molecule has 27 heavy (non-hydrogen) atoms. The van der Waals surface area contributed by atoms with Gasteiger partial charge in [0.25, 0.3) is 0 Å². The second-order valence-electron chi connectivity index (χ2n) is 6.79. The molecule has 0 aliphatic carbocycles. The van der Waals surface area contributed by atoms with Crippen LogP contribution in [-0.2, 0) is 16.1 Å². The Kier molecular flexibility index (Phi) is 7.39. The van der Waals surface area contributed by atoms with Crippen molar-refractivity contribution in [3.05, 3.63) is 64.7 Å². The number of benzene rings is 2. The van der Waals surface area contributed by atoms with E-state index in [1.807, 2.05) is 74.3 Å². The normalized spacial score (nSPS) is 11.9. The van der Waals surface area contributed by atoms with Gasteiger partial charge >= 0.3 is 0 Å². The summed E-state index contributed by atoms with van der Waals surface area (Å²) in [5.74, 6) is -0.348. The average Bonchev–Trinajstić information content (AvgIpc) is 2.64. The molecule has 0 aliphatic heterocycles. The molecule has 1 N–H and O–H groups in total. The molecule has 0 aromatic heterocycles. The zero-order valence-corrected chi connectivity index (χ0v) is 17.0. The molecule has 0 heterocycles. The van der Waals surface area contributed by atoms with Gasteiger partial charge in [0.05, 0.1) is 12.6 Å². The summed E-state index contributed by atoms with van der Waals surface area (Å²) < 4.78 is 0. The highest BCUT2D eigenvalue weighted by atomic mass is 35.5. The van der Waals surface area contributed by atoms with E-state index in [0.29, 0.717) is 11.6 Å². The molecular formula is C21H26ClN3O2. The monoisotopic (exact) mass is 387 g/mol. The van der Waals surface area contributed by atoms with Crippen molar-refractivity contribution in [1.29, 1.82) is 0 Å². The van der Waals surface area contributed by atoms with Crippen molar-refractivity contribution < 1.29 is 9.59 Å². The summed E-state index contributed by atoms with van der Waals surface area (Å²) in [7, 11) is 3.50. The third-order valence-corrected chi connectivity index (χ3v) is 4.86. The number of hydrogen-bond acceptors (Lipinski definition) is 3. The number of anilines is 1. The van der Waals surface area contributed by atoms with E-state index in [2.05, 4.69) is 5.32 Å². The van der Waals surface area contributed by atoms with Crippen molar-refractivity contribution in [2.45, 2.75) is 26.4 Å². The number of amides is 2. The SMILES string of the molecule is Cc1ccc(NC(=O)CN(C)C(=O)C(C)N(C)Cc2ccccc2Cl)cc1. The van der Waals surface area contributed by atoms with Gasteiger partial charge in [0.1, 0.15) is 0 Å². The number of halogens is 1. The van der Waals surface area contributed by atoms with Crippen molar-refractivity contribution in [3.8, 4) is 0 Å². The van der Waals surface area contributed by atoms with Crippen LogP contribution in [0, 0.1) is 6.92 Å². The smallest absolute Gasteiger partial charge is 0.243 e. The molecule has 0 aliphatic rings. The van der Waals surface area contributed by atoms with Crippen LogP contribution < -0.4 is 5.32 Å². The van der Waals surface area contributed by atoms with Crippen LogP contribution in [0.3, 0.4) is 0 Å².